The molecule has 1 nitrogen and oxygen atoms in total. The van der Waals surface area contributed by atoms with Gasteiger partial charge in [-0.1, -0.05) is 6.07 Å². The lowest BCUT2D eigenvalue weighted by molar-refractivity contribution is 0.622. The molecule has 0 spiro atoms. The summed E-state index contributed by atoms with van der Waals surface area (Å²) in [4.78, 5) is 0. The molecular formula is C11H16FN. The smallest absolute Gasteiger partial charge is 0.123 e. The van der Waals surface area contributed by atoms with Crippen molar-refractivity contribution in [1.82, 2.24) is 5.32 Å². The first kappa shape index (κ1) is 10.2. The van der Waals surface area contributed by atoms with E-state index in [1.807, 2.05) is 20.0 Å². The molecule has 0 saturated carbocycles. The summed E-state index contributed by atoms with van der Waals surface area (Å²) in [6.45, 7) is 2.90. The minimum atomic E-state index is -0.126. The average molecular weight is 181 g/mol. The van der Waals surface area contributed by atoms with E-state index >= 15 is 0 Å². The van der Waals surface area contributed by atoms with E-state index in [2.05, 4.69) is 5.32 Å². The van der Waals surface area contributed by atoms with Gasteiger partial charge in [0.2, 0.25) is 0 Å². The van der Waals surface area contributed by atoms with Gasteiger partial charge in [0.25, 0.3) is 0 Å². The Bertz CT molecular complexity index is 251. The van der Waals surface area contributed by atoms with Crippen molar-refractivity contribution in [3.05, 3.63) is 35.1 Å². The van der Waals surface area contributed by atoms with Gasteiger partial charge in [0.05, 0.1) is 0 Å². The van der Waals surface area contributed by atoms with Gasteiger partial charge >= 0.3 is 0 Å². The fourth-order valence-corrected chi connectivity index (χ4v) is 1.43. The van der Waals surface area contributed by atoms with E-state index in [9.17, 15) is 4.39 Å². The zero-order valence-corrected chi connectivity index (χ0v) is 8.23. The highest BCUT2D eigenvalue weighted by atomic mass is 19.1. The third kappa shape index (κ3) is 3.55. The molecule has 2 heteroatoms. The van der Waals surface area contributed by atoms with Gasteiger partial charge in [0.15, 0.2) is 0 Å². The summed E-state index contributed by atoms with van der Waals surface area (Å²) in [5.41, 5.74) is 2.09. The predicted molar refractivity (Wildman–Crippen MR) is 53.4 cm³/mol. The molecule has 0 aromatic heterocycles. The molecule has 0 unspecified atom stereocenters. The molecular weight excluding hydrogens is 165 g/mol. The lowest BCUT2D eigenvalue weighted by Gasteiger charge is -2.02. The Hall–Kier alpha value is -0.890. The van der Waals surface area contributed by atoms with E-state index in [-0.39, 0.29) is 5.82 Å². The second-order valence-electron chi connectivity index (χ2n) is 3.34. The minimum Gasteiger partial charge on any atom is -0.320 e. The Morgan fingerprint density at radius 1 is 1.31 bits per heavy atom. The van der Waals surface area contributed by atoms with Gasteiger partial charge in [-0.2, -0.15) is 0 Å². The Labute approximate surface area is 79.0 Å². The summed E-state index contributed by atoms with van der Waals surface area (Å²) in [5, 5.41) is 3.07. The number of hydrogen-bond donors (Lipinski definition) is 1. The molecule has 0 fully saturated rings. The molecule has 13 heavy (non-hydrogen) atoms. The van der Waals surface area contributed by atoms with E-state index in [1.165, 1.54) is 0 Å². The van der Waals surface area contributed by atoms with E-state index in [0.29, 0.717) is 0 Å². The highest BCUT2D eigenvalue weighted by Crippen LogP contribution is 2.09. The van der Waals surface area contributed by atoms with Crippen LogP contribution in [0.3, 0.4) is 0 Å². The summed E-state index contributed by atoms with van der Waals surface area (Å²) in [6.07, 6.45) is 2.00. The van der Waals surface area contributed by atoms with Crippen molar-refractivity contribution in [1.29, 1.82) is 0 Å². The van der Waals surface area contributed by atoms with Gasteiger partial charge in [0, 0.05) is 0 Å². The van der Waals surface area contributed by atoms with Crippen LogP contribution in [0.2, 0.25) is 0 Å². The van der Waals surface area contributed by atoms with Crippen LogP contribution in [0.1, 0.15) is 17.5 Å². The summed E-state index contributed by atoms with van der Waals surface area (Å²) in [5.74, 6) is -0.126. The van der Waals surface area contributed by atoms with E-state index in [4.69, 9.17) is 0 Å². The van der Waals surface area contributed by atoms with Crippen molar-refractivity contribution in [2.75, 3.05) is 13.6 Å². The quantitative estimate of drug-likeness (QED) is 0.703. The van der Waals surface area contributed by atoms with Crippen molar-refractivity contribution in [2.24, 2.45) is 0 Å². The van der Waals surface area contributed by atoms with Crippen LogP contribution in [-0.2, 0) is 6.42 Å². The van der Waals surface area contributed by atoms with E-state index in [1.54, 1.807) is 12.1 Å². The van der Waals surface area contributed by atoms with Crippen molar-refractivity contribution >= 4 is 0 Å². The molecule has 1 rings (SSSR count). The lowest BCUT2D eigenvalue weighted by atomic mass is 10.1. The molecule has 0 aliphatic heterocycles. The fourth-order valence-electron chi connectivity index (χ4n) is 1.43. The third-order valence-corrected chi connectivity index (χ3v) is 1.99. The molecule has 1 aromatic rings. The highest BCUT2D eigenvalue weighted by Gasteiger charge is 1.97. The number of hydrogen-bond acceptors (Lipinski definition) is 1. The van der Waals surface area contributed by atoms with Crippen LogP contribution in [0.25, 0.3) is 0 Å². The largest absolute Gasteiger partial charge is 0.320 e. The summed E-state index contributed by atoms with van der Waals surface area (Å²) >= 11 is 0. The maximum absolute atomic E-state index is 12.9. The molecule has 0 bridgehead atoms. The minimum absolute atomic E-state index is 0.126. The van der Waals surface area contributed by atoms with Crippen LogP contribution in [0, 0.1) is 12.7 Å². The molecule has 0 aliphatic carbocycles. The van der Waals surface area contributed by atoms with Crippen LogP contribution in [0.5, 0.6) is 0 Å². The fraction of sp³-hybridized carbons (Fsp3) is 0.455. The predicted octanol–water partition coefficient (Wildman–Crippen LogP) is 2.29. The van der Waals surface area contributed by atoms with Gasteiger partial charge in [0.1, 0.15) is 5.82 Å². The molecule has 72 valence electrons. The second kappa shape index (κ2) is 4.97. The third-order valence-electron chi connectivity index (χ3n) is 1.99. The molecule has 1 N–H and O–H groups in total. The normalized spacial score (nSPS) is 10.4. The van der Waals surface area contributed by atoms with Crippen LogP contribution in [0.15, 0.2) is 18.2 Å². The molecule has 0 saturated heterocycles. The van der Waals surface area contributed by atoms with Crippen molar-refractivity contribution in [3.63, 3.8) is 0 Å². The average Bonchev–Trinajstić information content (AvgIpc) is 2.03. The number of benzene rings is 1. The highest BCUT2D eigenvalue weighted by molar-refractivity contribution is 5.23. The first-order valence-electron chi connectivity index (χ1n) is 4.63. The molecule has 0 atom stereocenters. The number of nitrogens with one attached hydrogen (secondary N) is 1. The van der Waals surface area contributed by atoms with Gasteiger partial charge in [-0.3, -0.25) is 0 Å². The molecule has 0 heterocycles. The van der Waals surface area contributed by atoms with Gasteiger partial charge in [-0.15, -0.1) is 0 Å². The zero-order chi connectivity index (χ0) is 9.68. The van der Waals surface area contributed by atoms with Crippen molar-refractivity contribution in [3.8, 4) is 0 Å². The summed E-state index contributed by atoms with van der Waals surface area (Å²) < 4.78 is 12.9. The summed E-state index contributed by atoms with van der Waals surface area (Å²) in [7, 11) is 1.93. The Morgan fingerprint density at radius 3 is 2.69 bits per heavy atom. The van der Waals surface area contributed by atoms with Crippen molar-refractivity contribution < 1.29 is 4.39 Å². The van der Waals surface area contributed by atoms with Crippen LogP contribution in [0.4, 0.5) is 4.39 Å². The number of halogens is 1. The molecule has 0 amide bonds. The first-order chi connectivity index (χ1) is 6.22. The standard InChI is InChI=1S/C11H16FN/c1-9-6-10(4-3-5-13-2)8-11(12)7-9/h6-8,13H,3-5H2,1-2H3. The van der Waals surface area contributed by atoms with Gasteiger partial charge in [-0.05, 0) is 56.6 Å². The zero-order valence-electron chi connectivity index (χ0n) is 8.23. The Kier molecular flexibility index (Phi) is 3.90. The van der Waals surface area contributed by atoms with E-state index in [0.717, 1.165) is 30.5 Å². The van der Waals surface area contributed by atoms with Crippen LogP contribution < -0.4 is 5.32 Å². The van der Waals surface area contributed by atoms with Gasteiger partial charge < -0.3 is 5.32 Å². The van der Waals surface area contributed by atoms with Crippen LogP contribution in [-0.4, -0.2) is 13.6 Å². The molecule has 0 radical (unpaired) electrons. The number of aryl methyl sites for hydroxylation is 2. The number of rotatable bonds is 4. The maximum Gasteiger partial charge on any atom is 0.123 e. The SMILES string of the molecule is CNCCCc1cc(C)cc(F)c1. The van der Waals surface area contributed by atoms with E-state index < -0.39 is 0 Å². The first-order valence-corrected chi connectivity index (χ1v) is 4.63. The summed E-state index contributed by atoms with van der Waals surface area (Å²) in [6, 6.07) is 5.21. The molecule has 1 aromatic carbocycles. The van der Waals surface area contributed by atoms with Gasteiger partial charge in [-0.25, -0.2) is 4.39 Å². The Morgan fingerprint density at radius 2 is 2.08 bits per heavy atom. The topological polar surface area (TPSA) is 12.0 Å². The molecule has 0 aliphatic rings. The lowest BCUT2D eigenvalue weighted by Crippen LogP contribution is -2.08. The maximum atomic E-state index is 12.9. The van der Waals surface area contributed by atoms with Crippen LogP contribution >= 0.6 is 0 Å². The monoisotopic (exact) mass is 181 g/mol. The van der Waals surface area contributed by atoms with Crippen molar-refractivity contribution in [2.45, 2.75) is 19.8 Å². The second-order valence-corrected chi connectivity index (χ2v) is 3.34. The Balaban J connectivity index is 2.56.